The number of benzene rings is 1. The minimum atomic E-state index is 0.652. The molecule has 21 heavy (non-hydrogen) atoms. The first-order chi connectivity index (χ1) is 10.2. The van der Waals surface area contributed by atoms with Crippen molar-refractivity contribution in [3.05, 3.63) is 46.6 Å². The molecular formula is C16H19BrN2OS. The fourth-order valence-electron chi connectivity index (χ4n) is 1.84. The van der Waals surface area contributed by atoms with Gasteiger partial charge < -0.3 is 10.1 Å². The molecule has 0 atom stereocenters. The van der Waals surface area contributed by atoms with Gasteiger partial charge in [-0.1, -0.05) is 6.92 Å². The zero-order valence-electron chi connectivity index (χ0n) is 12.2. The zero-order chi connectivity index (χ0) is 15.1. The number of nitrogens with zero attached hydrogens (tertiary/aromatic N) is 1. The van der Waals surface area contributed by atoms with Crippen LogP contribution in [0.3, 0.4) is 0 Å². The third-order valence-electron chi connectivity index (χ3n) is 2.91. The summed E-state index contributed by atoms with van der Waals surface area (Å²) in [4.78, 5) is 5.60. The van der Waals surface area contributed by atoms with Crippen molar-refractivity contribution in [2.24, 2.45) is 0 Å². The highest BCUT2D eigenvalue weighted by Crippen LogP contribution is 2.27. The van der Waals surface area contributed by atoms with Gasteiger partial charge in [-0.2, -0.15) is 0 Å². The van der Waals surface area contributed by atoms with E-state index in [1.54, 1.807) is 18.0 Å². The molecule has 1 aromatic heterocycles. The quantitative estimate of drug-likeness (QED) is 0.560. The molecule has 0 fully saturated rings. The maximum atomic E-state index is 5.91. The molecule has 1 N–H and O–H groups in total. The lowest BCUT2D eigenvalue weighted by molar-refractivity contribution is 0.452. The largest absolute Gasteiger partial charge is 0.439 e. The molecular weight excluding hydrogens is 348 g/mol. The number of ether oxygens (including phenoxy) is 1. The smallest absolute Gasteiger partial charge is 0.223 e. The SMILES string of the molecule is CCCNCc1cc(Br)cnc1Oc1ccc(SC)cc1. The number of rotatable bonds is 7. The number of pyridine rings is 1. The van der Waals surface area contributed by atoms with Crippen LogP contribution in [-0.2, 0) is 6.54 Å². The van der Waals surface area contributed by atoms with Gasteiger partial charge in [-0.15, -0.1) is 11.8 Å². The monoisotopic (exact) mass is 366 g/mol. The van der Waals surface area contributed by atoms with Crippen molar-refractivity contribution in [2.75, 3.05) is 12.8 Å². The van der Waals surface area contributed by atoms with E-state index in [9.17, 15) is 0 Å². The second-order valence-electron chi connectivity index (χ2n) is 4.57. The summed E-state index contributed by atoms with van der Waals surface area (Å²) < 4.78 is 6.87. The summed E-state index contributed by atoms with van der Waals surface area (Å²) in [6, 6.07) is 10.1. The van der Waals surface area contributed by atoms with Crippen molar-refractivity contribution in [2.45, 2.75) is 24.8 Å². The number of aromatic nitrogens is 1. The normalized spacial score (nSPS) is 10.6. The van der Waals surface area contributed by atoms with Gasteiger partial charge in [-0.3, -0.25) is 0 Å². The Morgan fingerprint density at radius 1 is 1.29 bits per heavy atom. The lowest BCUT2D eigenvalue weighted by Gasteiger charge is -2.11. The van der Waals surface area contributed by atoms with Gasteiger partial charge in [0.05, 0.1) is 0 Å². The molecule has 1 heterocycles. The molecule has 5 heteroatoms. The summed E-state index contributed by atoms with van der Waals surface area (Å²) in [6.07, 6.45) is 4.92. The van der Waals surface area contributed by atoms with Gasteiger partial charge in [-0.25, -0.2) is 4.98 Å². The van der Waals surface area contributed by atoms with Crippen LogP contribution in [0.2, 0.25) is 0 Å². The highest BCUT2D eigenvalue weighted by Gasteiger charge is 2.07. The summed E-state index contributed by atoms with van der Waals surface area (Å²) in [6.45, 7) is 3.88. The zero-order valence-corrected chi connectivity index (χ0v) is 14.6. The van der Waals surface area contributed by atoms with E-state index in [1.165, 1.54) is 4.90 Å². The Bertz CT molecular complexity index is 575. The van der Waals surface area contributed by atoms with Gasteiger partial charge in [0.1, 0.15) is 5.75 Å². The minimum absolute atomic E-state index is 0.652. The topological polar surface area (TPSA) is 34.2 Å². The molecule has 0 aliphatic carbocycles. The van der Waals surface area contributed by atoms with Crippen LogP contribution in [0.25, 0.3) is 0 Å². The van der Waals surface area contributed by atoms with Gasteiger partial charge in [0.25, 0.3) is 0 Å². The van der Waals surface area contributed by atoms with Crippen LogP contribution in [0.4, 0.5) is 0 Å². The van der Waals surface area contributed by atoms with Crippen molar-refractivity contribution in [3.8, 4) is 11.6 Å². The number of halogens is 1. The first-order valence-corrected chi connectivity index (χ1v) is 8.91. The Labute approximate surface area is 138 Å². The molecule has 0 aliphatic heterocycles. The summed E-state index contributed by atoms with van der Waals surface area (Å²) >= 11 is 5.18. The third kappa shape index (κ3) is 5.02. The third-order valence-corrected chi connectivity index (χ3v) is 4.09. The fraction of sp³-hybridized carbons (Fsp3) is 0.312. The van der Waals surface area contributed by atoms with Crippen molar-refractivity contribution in [3.63, 3.8) is 0 Å². The second-order valence-corrected chi connectivity index (χ2v) is 6.37. The summed E-state index contributed by atoms with van der Waals surface area (Å²) in [7, 11) is 0. The van der Waals surface area contributed by atoms with E-state index >= 15 is 0 Å². The predicted molar refractivity (Wildman–Crippen MR) is 92.2 cm³/mol. The fourth-order valence-corrected chi connectivity index (χ4v) is 2.63. The summed E-state index contributed by atoms with van der Waals surface area (Å²) in [5.41, 5.74) is 1.05. The Hall–Kier alpha value is -1.04. The molecule has 1 aromatic carbocycles. The van der Waals surface area contributed by atoms with E-state index in [2.05, 4.69) is 39.4 Å². The number of hydrogen-bond donors (Lipinski definition) is 1. The Balaban J connectivity index is 2.13. The maximum Gasteiger partial charge on any atom is 0.223 e. The van der Waals surface area contributed by atoms with Crippen LogP contribution >= 0.6 is 27.7 Å². The molecule has 0 bridgehead atoms. The van der Waals surface area contributed by atoms with Crippen LogP contribution < -0.4 is 10.1 Å². The number of hydrogen-bond acceptors (Lipinski definition) is 4. The van der Waals surface area contributed by atoms with Crippen molar-refractivity contribution in [1.82, 2.24) is 10.3 Å². The van der Waals surface area contributed by atoms with Crippen LogP contribution in [0.1, 0.15) is 18.9 Å². The molecule has 0 amide bonds. The first-order valence-electron chi connectivity index (χ1n) is 6.90. The van der Waals surface area contributed by atoms with Crippen molar-refractivity contribution in [1.29, 1.82) is 0 Å². The number of nitrogens with one attached hydrogen (secondary N) is 1. The van der Waals surface area contributed by atoms with E-state index in [1.807, 2.05) is 30.3 Å². The molecule has 0 saturated carbocycles. The molecule has 2 aromatic rings. The lowest BCUT2D eigenvalue weighted by atomic mass is 10.2. The second kappa shape index (κ2) is 8.41. The molecule has 0 saturated heterocycles. The standard InChI is InChI=1S/C16H19BrN2OS/c1-3-8-18-10-12-9-13(17)11-19-16(12)20-14-4-6-15(21-2)7-5-14/h4-7,9,11,18H,3,8,10H2,1-2H3. The van der Waals surface area contributed by atoms with Crippen molar-refractivity contribution < 1.29 is 4.74 Å². The van der Waals surface area contributed by atoms with Gasteiger partial charge in [0, 0.05) is 27.7 Å². The van der Waals surface area contributed by atoms with Crippen LogP contribution in [0.5, 0.6) is 11.6 Å². The average Bonchev–Trinajstić information content (AvgIpc) is 2.51. The Morgan fingerprint density at radius 2 is 2.05 bits per heavy atom. The average molecular weight is 367 g/mol. The molecule has 0 unspecified atom stereocenters. The summed E-state index contributed by atoms with van der Waals surface area (Å²) in [5, 5.41) is 3.38. The van der Waals surface area contributed by atoms with E-state index in [0.29, 0.717) is 5.88 Å². The number of thioether (sulfide) groups is 1. The maximum absolute atomic E-state index is 5.91. The van der Waals surface area contributed by atoms with E-state index in [0.717, 1.165) is 35.3 Å². The molecule has 112 valence electrons. The van der Waals surface area contributed by atoms with Crippen LogP contribution in [0, 0.1) is 0 Å². The predicted octanol–water partition coefficient (Wildman–Crippen LogP) is 4.86. The Kier molecular flexibility index (Phi) is 6.54. The molecule has 0 spiro atoms. The molecule has 3 nitrogen and oxygen atoms in total. The van der Waals surface area contributed by atoms with E-state index in [-0.39, 0.29) is 0 Å². The molecule has 2 rings (SSSR count). The van der Waals surface area contributed by atoms with Gasteiger partial charge in [0.2, 0.25) is 5.88 Å². The van der Waals surface area contributed by atoms with E-state index in [4.69, 9.17) is 4.74 Å². The molecule has 0 aliphatic rings. The molecule has 0 radical (unpaired) electrons. The van der Waals surface area contributed by atoms with Gasteiger partial charge in [0.15, 0.2) is 0 Å². The van der Waals surface area contributed by atoms with Gasteiger partial charge >= 0.3 is 0 Å². The summed E-state index contributed by atoms with van der Waals surface area (Å²) in [5.74, 6) is 1.46. The van der Waals surface area contributed by atoms with Gasteiger partial charge in [-0.05, 0) is 65.5 Å². The van der Waals surface area contributed by atoms with Crippen LogP contribution in [0.15, 0.2) is 45.9 Å². The van der Waals surface area contributed by atoms with Crippen molar-refractivity contribution >= 4 is 27.7 Å². The minimum Gasteiger partial charge on any atom is -0.439 e. The highest BCUT2D eigenvalue weighted by molar-refractivity contribution is 9.10. The van der Waals surface area contributed by atoms with E-state index < -0.39 is 0 Å². The Morgan fingerprint density at radius 3 is 2.71 bits per heavy atom. The lowest BCUT2D eigenvalue weighted by Crippen LogP contribution is -2.14. The first kappa shape index (κ1) is 16.3. The van der Waals surface area contributed by atoms with Crippen LogP contribution in [-0.4, -0.2) is 17.8 Å². The highest BCUT2D eigenvalue weighted by atomic mass is 79.9.